The predicted octanol–water partition coefficient (Wildman–Crippen LogP) is 3.13. The summed E-state index contributed by atoms with van der Waals surface area (Å²) in [4.78, 5) is 0. The Morgan fingerprint density at radius 3 is 2.72 bits per heavy atom. The van der Waals surface area contributed by atoms with Gasteiger partial charge in [-0.2, -0.15) is 0 Å². The van der Waals surface area contributed by atoms with Crippen molar-refractivity contribution in [3.8, 4) is 16.3 Å². The van der Waals surface area contributed by atoms with Crippen LogP contribution in [-0.2, 0) is 10.0 Å². The molecular weight excluding hydrogens is 358 g/mol. The molecule has 1 saturated heterocycles. The van der Waals surface area contributed by atoms with E-state index in [1.807, 2.05) is 31.2 Å². The minimum absolute atomic E-state index is 0.130. The molecule has 1 aliphatic rings. The van der Waals surface area contributed by atoms with E-state index in [-0.39, 0.29) is 11.7 Å². The van der Waals surface area contributed by atoms with Gasteiger partial charge < -0.3 is 4.74 Å². The van der Waals surface area contributed by atoms with Gasteiger partial charge in [-0.25, -0.2) is 12.7 Å². The van der Waals surface area contributed by atoms with Crippen LogP contribution in [0.3, 0.4) is 0 Å². The molecule has 0 spiro atoms. The van der Waals surface area contributed by atoms with Gasteiger partial charge in [0.15, 0.2) is 0 Å². The maximum atomic E-state index is 12.3. The lowest BCUT2D eigenvalue weighted by atomic mass is 10.0. The van der Waals surface area contributed by atoms with Gasteiger partial charge in [-0.3, -0.25) is 0 Å². The molecule has 1 fully saturated rings. The Bertz CT molecular complexity index is 803. The van der Waals surface area contributed by atoms with E-state index in [9.17, 15) is 8.42 Å². The summed E-state index contributed by atoms with van der Waals surface area (Å²) in [5.74, 6) is 1.15. The molecule has 0 bridgehead atoms. The van der Waals surface area contributed by atoms with Gasteiger partial charge in [0.25, 0.3) is 0 Å². The molecule has 2 heterocycles. The molecule has 0 aliphatic carbocycles. The van der Waals surface area contributed by atoms with Crippen molar-refractivity contribution in [1.29, 1.82) is 0 Å². The van der Waals surface area contributed by atoms with Crippen molar-refractivity contribution >= 4 is 21.4 Å². The molecule has 136 valence electrons. The molecule has 25 heavy (non-hydrogen) atoms. The number of hydrogen-bond donors (Lipinski definition) is 0. The minimum Gasteiger partial charge on any atom is -0.497 e. The number of methoxy groups -OCH3 is 1. The van der Waals surface area contributed by atoms with Crippen LogP contribution in [-0.4, -0.2) is 48.9 Å². The van der Waals surface area contributed by atoms with E-state index in [4.69, 9.17) is 4.74 Å². The third kappa shape index (κ3) is 4.19. The molecule has 0 N–H and O–H groups in total. The number of aromatic nitrogens is 2. The molecule has 6 nitrogen and oxygen atoms in total. The third-order valence-electron chi connectivity index (χ3n) is 4.37. The van der Waals surface area contributed by atoms with Gasteiger partial charge in [0.2, 0.25) is 10.0 Å². The van der Waals surface area contributed by atoms with Crippen molar-refractivity contribution < 1.29 is 13.2 Å². The second-order valence-electron chi connectivity index (χ2n) is 6.19. The zero-order valence-electron chi connectivity index (χ0n) is 14.5. The van der Waals surface area contributed by atoms with Crippen molar-refractivity contribution in [2.75, 3.05) is 26.0 Å². The van der Waals surface area contributed by atoms with Crippen molar-refractivity contribution in [2.45, 2.75) is 32.1 Å². The van der Waals surface area contributed by atoms with Gasteiger partial charge >= 0.3 is 0 Å². The van der Waals surface area contributed by atoms with Crippen LogP contribution in [0.4, 0.5) is 0 Å². The third-order valence-corrected chi connectivity index (χ3v) is 7.54. The average molecular weight is 382 g/mol. The molecule has 1 unspecified atom stereocenters. The SMILES string of the molecule is CCCS(=O)(=O)N1CCCC(c2nnc(-c3ccc(OC)cc3)s2)C1. The van der Waals surface area contributed by atoms with Gasteiger partial charge in [0.05, 0.1) is 12.9 Å². The Hall–Kier alpha value is -1.51. The Labute approximate surface area is 152 Å². The van der Waals surface area contributed by atoms with Gasteiger partial charge in [0.1, 0.15) is 15.8 Å². The van der Waals surface area contributed by atoms with Gasteiger partial charge in [-0.15, -0.1) is 10.2 Å². The summed E-state index contributed by atoms with van der Waals surface area (Å²) in [7, 11) is -1.51. The second-order valence-corrected chi connectivity index (χ2v) is 9.28. The summed E-state index contributed by atoms with van der Waals surface area (Å²) in [5, 5.41) is 10.4. The maximum Gasteiger partial charge on any atom is 0.214 e. The van der Waals surface area contributed by atoms with E-state index in [2.05, 4.69) is 10.2 Å². The Kier molecular flexibility index (Phi) is 5.71. The second kappa shape index (κ2) is 7.80. The fraction of sp³-hybridized carbons (Fsp3) is 0.529. The number of hydrogen-bond acceptors (Lipinski definition) is 6. The summed E-state index contributed by atoms with van der Waals surface area (Å²) < 4.78 is 31.5. The number of ether oxygens (including phenoxy) is 1. The normalized spacial score (nSPS) is 19.0. The zero-order chi connectivity index (χ0) is 17.9. The zero-order valence-corrected chi connectivity index (χ0v) is 16.1. The van der Waals surface area contributed by atoms with Crippen LogP contribution in [0.15, 0.2) is 24.3 Å². The van der Waals surface area contributed by atoms with E-state index in [1.54, 1.807) is 22.8 Å². The first-order valence-corrected chi connectivity index (χ1v) is 10.9. The highest BCUT2D eigenvalue weighted by Gasteiger charge is 2.30. The lowest BCUT2D eigenvalue weighted by Gasteiger charge is -2.30. The van der Waals surface area contributed by atoms with E-state index in [0.29, 0.717) is 19.5 Å². The summed E-state index contributed by atoms with van der Waals surface area (Å²) in [6, 6.07) is 7.72. The molecule has 2 aromatic rings. The summed E-state index contributed by atoms with van der Waals surface area (Å²) in [6.45, 7) is 3.02. The Balaban J connectivity index is 1.75. The molecular formula is C17H23N3O3S2. The lowest BCUT2D eigenvalue weighted by Crippen LogP contribution is -2.40. The number of rotatable bonds is 6. The Morgan fingerprint density at radius 1 is 1.28 bits per heavy atom. The molecule has 0 saturated carbocycles. The molecule has 1 aliphatic heterocycles. The van der Waals surface area contributed by atoms with E-state index >= 15 is 0 Å². The van der Waals surface area contributed by atoms with Gasteiger partial charge in [-0.1, -0.05) is 18.3 Å². The first-order chi connectivity index (χ1) is 12.0. The fourth-order valence-corrected chi connectivity index (χ4v) is 5.60. The van der Waals surface area contributed by atoms with Crippen molar-refractivity contribution in [3.63, 3.8) is 0 Å². The minimum atomic E-state index is -3.15. The van der Waals surface area contributed by atoms with E-state index < -0.39 is 10.0 Å². The topological polar surface area (TPSA) is 72.4 Å². The summed E-state index contributed by atoms with van der Waals surface area (Å²) in [6.07, 6.45) is 2.46. The number of nitrogens with zero attached hydrogens (tertiary/aromatic N) is 3. The number of benzene rings is 1. The largest absolute Gasteiger partial charge is 0.497 e. The van der Waals surface area contributed by atoms with E-state index in [0.717, 1.165) is 34.2 Å². The molecule has 0 amide bonds. The Morgan fingerprint density at radius 2 is 2.04 bits per heavy atom. The highest BCUT2D eigenvalue weighted by molar-refractivity contribution is 7.89. The van der Waals surface area contributed by atoms with Crippen LogP contribution >= 0.6 is 11.3 Å². The van der Waals surface area contributed by atoms with Crippen LogP contribution in [0.5, 0.6) is 5.75 Å². The molecule has 8 heteroatoms. The maximum absolute atomic E-state index is 12.3. The summed E-state index contributed by atoms with van der Waals surface area (Å²) >= 11 is 1.55. The quantitative estimate of drug-likeness (QED) is 0.769. The number of piperidine rings is 1. The van der Waals surface area contributed by atoms with Crippen LogP contribution in [0.2, 0.25) is 0 Å². The highest BCUT2D eigenvalue weighted by atomic mass is 32.2. The molecule has 0 radical (unpaired) electrons. The van der Waals surface area contributed by atoms with Crippen molar-refractivity contribution in [2.24, 2.45) is 0 Å². The number of sulfonamides is 1. The van der Waals surface area contributed by atoms with Crippen molar-refractivity contribution in [3.05, 3.63) is 29.3 Å². The van der Waals surface area contributed by atoms with E-state index in [1.165, 1.54) is 0 Å². The van der Waals surface area contributed by atoms with Gasteiger partial charge in [0, 0.05) is 24.6 Å². The molecule has 1 aromatic carbocycles. The monoisotopic (exact) mass is 381 g/mol. The first-order valence-electron chi connectivity index (χ1n) is 8.49. The van der Waals surface area contributed by atoms with Crippen molar-refractivity contribution in [1.82, 2.24) is 14.5 Å². The van der Waals surface area contributed by atoms with Crippen LogP contribution in [0.25, 0.3) is 10.6 Å². The molecule has 1 atom stereocenters. The first kappa shape index (κ1) is 18.3. The standard InChI is InChI=1S/C17H23N3O3S2/c1-3-11-25(21,22)20-10-4-5-14(12-20)17-19-18-16(24-17)13-6-8-15(23-2)9-7-13/h6-9,14H,3-5,10-12H2,1-2H3. The summed E-state index contributed by atoms with van der Waals surface area (Å²) in [5.41, 5.74) is 0.996. The highest BCUT2D eigenvalue weighted by Crippen LogP contribution is 2.33. The fourth-order valence-electron chi connectivity index (χ4n) is 3.03. The van der Waals surface area contributed by atoms with Crippen LogP contribution in [0.1, 0.15) is 37.1 Å². The van der Waals surface area contributed by atoms with Gasteiger partial charge in [-0.05, 0) is 43.5 Å². The lowest BCUT2D eigenvalue weighted by molar-refractivity contribution is 0.314. The predicted molar refractivity (Wildman–Crippen MR) is 99.5 cm³/mol. The average Bonchev–Trinajstić information content (AvgIpc) is 3.12. The smallest absolute Gasteiger partial charge is 0.214 e. The van der Waals surface area contributed by atoms with Crippen LogP contribution in [0, 0.1) is 0 Å². The molecule has 3 rings (SSSR count). The molecule has 1 aromatic heterocycles. The van der Waals surface area contributed by atoms with Crippen LogP contribution < -0.4 is 4.74 Å².